The van der Waals surface area contributed by atoms with Gasteiger partial charge in [-0.2, -0.15) is 0 Å². The number of benzene rings is 1. The number of nitrogens with one attached hydrogen (secondary N) is 1. The van der Waals surface area contributed by atoms with E-state index in [-0.39, 0.29) is 18.3 Å². The standard InChI is InChI=1S/C22H19ClN2O3S/c1-15(26)19-8-9-20(29-19)17-5-2-6-18(22(17)23)28-13-12-25-21(27)10-7-16-4-3-11-24-14-16/h2-11,14H,12-13H2,1H3,(H,25,27). The van der Waals surface area contributed by atoms with E-state index in [0.29, 0.717) is 22.2 Å². The molecule has 3 rings (SSSR count). The van der Waals surface area contributed by atoms with Crippen LogP contribution in [0.1, 0.15) is 22.2 Å². The maximum Gasteiger partial charge on any atom is 0.244 e. The van der Waals surface area contributed by atoms with Crippen molar-refractivity contribution in [2.45, 2.75) is 6.92 Å². The number of ether oxygens (including phenoxy) is 1. The van der Waals surface area contributed by atoms with Gasteiger partial charge in [0.05, 0.1) is 16.4 Å². The normalized spacial score (nSPS) is 10.8. The fourth-order valence-electron chi connectivity index (χ4n) is 2.53. The molecular weight excluding hydrogens is 408 g/mol. The Morgan fingerprint density at radius 1 is 1.21 bits per heavy atom. The van der Waals surface area contributed by atoms with Gasteiger partial charge >= 0.3 is 0 Å². The lowest BCUT2D eigenvalue weighted by atomic mass is 10.2. The molecule has 0 bridgehead atoms. The van der Waals surface area contributed by atoms with Gasteiger partial charge in [0, 0.05) is 28.9 Å². The second-order valence-corrected chi connectivity index (χ2v) is 7.56. The minimum Gasteiger partial charge on any atom is -0.490 e. The van der Waals surface area contributed by atoms with Crippen molar-refractivity contribution < 1.29 is 14.3 Å². The molecule has 0 unspecified atom stereocenters. The molecule has 29 heavy (non-hydrogen) atoms. The van der Waals surface area contributed by atoms with Crippen LogP contribution in [-0.2, 0) is 4.79 Å². The van der Waals surface area contributed by atoms with Crippen LogP contribution in [0.4, 0.5) is 0 Å². The predicted octanol–water partition coefficient (Wildman–Crippen LogP) is 4.87. The van der Waals surface area contributed by atoms with Gasteiger partial charge in [-0.1, -0.05) is 29.8 Å². The Bertz CT molecular complexity index is 1030. The third-order valence-electron chi connectivity index (χ3n) is 3.95. The maximum absolute atomic E-state index is 11.9. The van der Waals surface area contributed by atoms with Crippen molar-refractivity contribution in [1.29, 1.82) is 0 Å². The van der Waals surface area contributed by atoms with Gasteiger partial charge in [-0.05, 0) is 42.8 Å². The highest BCUT2D eigenvalue weighted by atomic mass is 35.5. The summed E-state index contributed by atoms with van der Waals surface area (Å²) in [7, 11) is 0. The van der Waals surface area contributed by atoms with E-state index >= 15 is 0 Å². The molecule has 0 aliphatic heterocycles. The van der Waals surface area contributed by atoms with Gasteiger partial charge in [0.2, 0.25) is 5.91 Å². The van der Waals surface area contributed by atoms with Crippen LogP contribution in [0.15, 0.2) is 60.9 Å². The molecule has 2 heterocycles. The van der Waals surface area contributed by atoms with Crippen molar-refractivity contribution >= 4 is 40.7 Å². The van der Waals surface area contributed by atoms with E-state index in [2.05, 4.69) is 10.3 Å². The Morgan fingerprint density at radius 2 is 2.07 bits per heavy atom. The molecule has 0 aliphatic carbocycles. The van der Waals surface area contributed by atoms with Crippen LogP contribution in [-0.4, -0.2) is 29.8 Å². The number of ketones is 1. The van der Waals surface area contributed by atoms with Gasteiger partial charge in [-0.15, -0.1) is 11.3 Å². The van der Waals surface area contributed by atoms with E-state index in [0.717, 1.165) is 16.0 Å². The summed E-state index contributed by atoms with van der Waals surface area (Å²) in [4.78, 5) is 28.9. The van der Waals surface area contributed by atoms with Crippen LogP contribution in [0, 0.1) is 0 Å². The SMILES string of the molecule is CC(=O)c1ccc(-c2cccc(OCCNC(=O)C=Cc3cccnc3)c2Cl)s1. The van der Waals surface area contributed by atoms with Crippen molar-refractivity contribution in [2.75, 3.05) is 13.2 Å². The molecule has 1 amide bonds. The fraction of sp³-hybridized carbons (Fsp3) is 0.136. The quantitative estimate of drug-likeness (QED) is 0.317. The molecule has 0 atom stereocenters. The number of rotatable bonds is 8. The minimum absolute atomic E-state index is 0.0260. The lowest BCUT2D eigenvalue weighted by Crippen LogP contribution is -2.26. The largest absolute Gasteiger partial charge is 0.490 e. The van der Waals surface area contributed by atoms with Gasteiger partial charge in [0.1, 0.15) is 12.4 Å². The number of aromatic nitrogens is 1. The monoisotopic (exact) mass is 426 g/mol. The zero-order chi connectivity index (χ0) is 20.6. The summed E-state index contributed by atoms with van der Waals surface area (Å²) in [6, 6.07) is 12.8. The fourth-order valence-corrected chi connectivity index (χ4v) is 3.80. The summed E-state index contributed by atoms with van der Waals surface area (Å²) in [6.07, 6.45) is 6.50. The van der Waals surface area contributed by atoms with Gasteiger partial charge in [0.25, 0.3) is 0 Å². The Kier molecular flexibility index (Phi) is 7.16. The Balaban J connectivity index is 1.54. The number of nitrogens with zero attached hydrogens (tertiary/aromatic N) is 1. The van der Waals surface area contributed by atoms with Crippen LogP contribution in [0.2, 0.25) is 5.02 Å². The van der Waals surface area contributed by atoms with E-state index in [1.165, 1.54) is 24.3 Å². The average molecular weight is 427 g/mol. The minimum atomic E-state index is -0.215. The number of pyridine rings is 1. The number of hydrogen-bond acceptors (Lipinski definition) is 5. The molecule has 5 nitrogen and oxygen atoms in total. The van der Waals surface area contributed by atoms with Gasteiger partial charge in [0.15, 0.2) is 5.78 Å². The molecule has 0 aliphatic rings. The van der Waals surface area contributed by atoms with Crippen molar-refractivity contribution in [3.05, 3.63) is 76.4 Å². The number of hydrogen-bond donors (Lipinski definition) is 1. The summed E-state index contributed by atoms with van der Waals surface area (Å²) >= 11 is 7.88. The number of halogens is 1. The summed E-state index contributed by atoms with van der Waals surface area (Å²) < 4.78 is 5.72. The molecule has 0 saturated carbocycles. The molecule has 0 fully saturated rings. The molecule has 3 aromatic rings. The van der Waals surface area contributed by atoms with Crippen LogP contribution >= 0.6 is 22.9 Å². The Labute approximate surface area is 178 Å². The van der Waals surface area contributed by atoms with Crippen LogP contribution in [0.25, 0.3) is 16.5 Å². The molecule has 148 valence electrons. The van der Waals surface area contributed by atoms with E-state index in [1.54, 1.807) is 36.7 Å². The molecule has 1 N–H and O–H groups in total. The highest BCUT2D eigenvalue weighted by Gasteiger charge is 2.12. The number of carbonyl (C=O) groups is 2. The van der Waals surface area contributed by atoms with Crippen molar-refractivity contribution in [3.8, 4) is 16.2 Å². The average Bonchev–Trinajstić information content (AvgIpc) is 3.22. The van der Waals surface area contributed by atoms with E-state index in [1.807, 2.05) is 24.3 Å². The van der Waals surface area contributed by atoms with Crippen molar-refractivity contribution in [1.82, 2.24) is 10.3 Å². The number of carbonyl (C=O) groups excluding carboxylic acids is 2. The first-order chi connectivity index (χ1) is 14.0. The van der Waals surface area contributed by atoms with Crippen LogP contribution in [0.5, 0.6) is 5.75 Å². The summed E-state index contributed by atoms with van der Waals surface area (Å²) in [5.74, 6) is 0.341. The zero-order valence-corrected chi connectivity index (χ0v) is 17.3. The smallest absolute Gasteiger partial charge is 0.244 e. The zero-order valence-electron chi connectivity index (χ0n) is 15.7. The number of amides is 1. The molecule has 7 heteroatoms. The van der Waals surface area contributed by atoms with Crippen LogP contribution < -0.4 is 10.1 Å². The first-order valence-corrected chi connectivity index (χ1v) is 10.1. The lowest BCUT2D eigenvalue weighted by Gasteiger charge is -2.11. The second-order valence-electron chi connectivity index (χ2n) is 6.10. The first kappa shape index (κ1) is 20.8. The molecule has 0 radical (unpaired) electrons. The molecular formula is C22H19ClN2O3S. The Hall–Kier alpha value is -2.96. The third-order valence-corrected chi connectivity index (χ3v) is 5.56. The molecule has 1 aromatic carbocycles. The van der Waals surface area contributed by atoms with Crippen molar-refractivity contribution in [3.63, 3.8) is 0 Å². The summed E-state index contributed by atoms with van der Waals surface area (Å²) in [5.41, 5.74) is 1.66. The highest BCUT2D eigenvalue weighted by molar-refractivity contribution is 7.17. The van der Waals surface area contributed by atoms with Gasteiger partial charge in [-0.25, -0.2) is 0 Å². The van der Waals surface area contributed by atoms with Gasteiger partial charge < -0.3 is 10.1 Å². The number of Topliss-reactive ketones (excluding diaryl/α,β-unsaturated/α-hetero) is 1. The summed E-state index contributed by atoms with van der Waals surface area (Å²) in [5, 5.41) is 3.23. The van der Waals surface area contributed by atoms with Crippen molar-refractivity contribution in [2.24, 2.45) is 0 Å². The lowest BCUT2D eigenvalue weighted by molar-refractivity contribution is -0.116. The summed E-state index contributed by atoms with van der Waals surface area (Å²) in [6.45, 7) is 2.15. The maximum atomic E-state index is 11.9. The van der Waals surface area contributed by atoms with Crippen LogP contribution in [0.3, 0.4) is 0 Å². The Morgan fingerprint density at radius 3 is 2.79 bits per heavy atom. The molecule has 0 spiro atoms. The first-order valence-electron chi connectivity index (χ1n) is 8.93. The third kappa shape index (κ3) is 5.76. The molecule has 2 aromatic heterocycles. The highest BCUT2D eigenvalue weighted by Crippen LogP contribution is 2.38. The van der Waals surface area contributed by atoms with E-state index in [4.69, 9.17) is 16.3 Å². The second kappa shape index (κ2) is 10.0. The van der Waals surface area contributed by atoms with Gasteiger partial charge in [-0.3, -0.25) is 14.6 Å². The topological polar surface area (TPSA) is 68.3 Å². The number of thiophene rings is 1. The molecule has 0 saturated heterocycles. The predicted molar refractivity (Wildman–Crippen MR) is 117 cm³/mol. The van der Waals surface area contributed by atoms with E-state index in [9.17, 15) is 9.59 Å². The van der Waals surface area contributed by atoms with E-state index < -0.39 is 0 Å².